The number of phenols is 1. The molecule has 30 heavy (non-hydrogen) atoms. The van der Waals surface area contributed by atoms with Gasteiger partial charge in [-0.1, -0.05) is 24.3 Å². The van der Waals surface area contributed by atoms with Crippen molar-refractivity contribution < 1.29 is 5.11 Å². The molecule has 2 fully saturated rings. The van der Waals surface area contributed by atoms with Crippen LogP contribution in [0.1, 0.15) is 36.8 Å². The van der Waals surface area contributed by atoms with Crippen molar-refractivity contribution in [1.29, 1.82) is 0 Å². The van der Waals surface area contributed by atoms with Crippen LogP contribution in [-0.2, 0) is 13.1 Å². The van der Waals surface area contributed by atoms with E-state index in [1.54, 1.807) is 6.20 Å². The predicted molar refractivity (Wildman–Crippen MR) is 120 cm³/mol. The Kier molecular flexibility index (Phi) is 5.51. The number of anilines is 2. The summed E-state index contributed by atoms with van der Waals surface area (Å²) in [5.41, 5.74) is 2.94. The molecular formula is C24H29N5O. The molecule has 0 spiro atoms. The fraction of sp³-hybridized carbons (Fsp3) is 0.417. The number of benzene rings is 2. The van der Waals surface area contributed by atoms with Crippen molar-refractivity contribution in [3.05, 3.63) is 53.7 Å². The molecule has 6 nitrogen and oxygen atoms in total. The number of aromatic nitrogens is 2. The van der Waals surface area contributed by atoms with Crippen LogP contribution in [0.3, 0.4) is 0 Å². The largest absolute Gasteiger partial charge is 0.507 e. The smallest absolute Gasteiger partial charge is 0.160 e. The normalized spacial score (nSPS) is 17.7. The maximum absolute atomic E-state index is 11.1. The summed E-state index contributed by atoms with van der Waals surface area (Å²) in [6.07, 6.45) is 6.75. The lowest BCUT2D eigenvalue weighted by Gasteiger charge is -2.21. The number of fused-ring (bicyclic) bond motifs is 1. The summed E-state index contributed by atoms with van der Waals surface area (Å²) < 4.78 is 0. The van der Waals surface area contributed by atoms with Gasteiger partial charge in [-0.2, -0.15) is 5.10 Å². The SMILES string of the molecule is Oc1c(CN2CCCC2)cc(Nc2nncc3ccccc23)cc1CN1CCCC1. The van der Waals surface area contributed by atoms with Crippen molar-refractivity contribution in [2.45, 2.75) is 38.8 Å². The Hall–Kier alpha value is -2.70. The highest BCUT2D eigenvalue weighted by Crippen LogP contribution is 2.33. The quantitative estimate of drug-likeness (QED) is 0.599. The summed E-state index contributed by atoms with van der Waals surface area (Å²) in [6.45, 7) is 5.99. The lowest BCUT2D eigenvalue weighted by atomic mass is 10.1. The van der Waals surface area contributed by atoms with Crippen LogP contribution in [0.4, 0.5) is 11.5 Å². The summed E-state index contributed by atoms with van der Waals surface area (Å²) >= 11 is 0. The van der Waals surface area contributed by atoms with Crippen molar-refractivity contribution in [3.63, 3.8) is 0 Å². The molecule has 0 bridgehead atoms. The molecule has 2 N–H and O–H groups in total. The van der Waals surface area contributed by atoms with E-state index < -0.39 is 0 Å². The molecule has 6 heteroatoms. The molecule has 0 radical (unpaired) electrons. The van der Waals surface area contributed by atoms with Gasteiger partial charge >= 0.3 is 0 Å². The molecule has 2 aliphatic heterocycles. The van der Waals surface area contributed by atoms with Crippen molar-refractivity contribution in [2.75, 3.05) is 31.5 Å². The van der Waals surface area contributed by atoms with Gasteiger partial charge in [-0.3, -0.25) is 9.80 Å². The number of phenolic OH excluding ortho intramolecular Hbond substituents is 1. The monoisotopic (exact) mass is 403 g/mol. The van der Waals surface area contributed by atoms with Gasteiger partial charge in [-0.05, 0) is 64.0 Å². The topological polar surface area (TPSA) is 64.5 Å². The van der Waals surface area contributed by atoms with Gasteiger partial charge in [0.05, 0.1) is 6.20 Å². The van der Waals surface area contributed by atoms with Crippen molar-refractivity contribution in [1.82, 2.24) is 20.0 Å². The summed E-state index contributed by atoms with van der Waals surface area (Å²) in [4.78, 5) is 4.85. The Balaban J connectivity index is 1.49. The molecule has 156 valence electrons. The van der Waals surface area contributed by atoms with Gasteiger partial charge in [0.1, 0.15) is 5.75 Å². The zero-order chi connectivity index (χ0) is 20.3. The van der Waals surface area contributed by atoms with Crippen LogP contribution in [0.25, 0.3) is 10.8 Å². The zero-order valence-electron chi connectivity index (χ0n) is 17.3. The van der Waals surface area contributed by atoms with E-state index in [0.717, 1.165) is 72.7 Å². The number of nitrogens with one attached hydrogen (secondary N) is 1. The van der Waals surface area contributed by atoms with Crippen LogP contribution in [-0.4, -0.2) is 51.3 Å². The highest BCUT2D eigenvalue weighted by molar-refractivity contribution is 5.92. The van der Waals surface area contributed by atoms with Crippen molar-refractivity contribution >= 4 is 22.3 Å². The number of aromatic hydroxyl groups is 1. The van der Waals surface area contributed by atoms with E-state index in [9.17, 15) is 5.11 Å². The molecule has 0 unspecified atom stereocenters. The summed E-state index contributed by atoms with van der Waals surface area (Å²) in [5.74, 6) is 1.20. The van der Waals surface area contributed by atoms with E-state index in [4.69, 9.17) is 0 Å². The van der Waals surface area contributed by atoms with Crippen LogP contribution in [0.15, 0.2) is 42.6 Å². The molecular weight excluding hydrogens is 374 g/mol. The molecule has 1 aromatic heterocycles. The first kappa shape index (κ1) is 19.3. The Labute approximate surface area is 177 Å². The molecule has 0 aliphatic carbocycles. The van der Waals surface area contributed by atoms with Crippen LogP contribution in [0, 0.1) is 0 Å². The van der Waals surface area contributed by atoms with Gasteiger partial charge in [-0.25, -0.2) is 0 Å². The molecule has 2 aliphatic rings. The third kappa shape index (κ3) is 4.11. The molecule has 2 aromatic carbocycles. The average Bonchev–Trinajstić information content (AvgIpc) is 3.46. The predicted octanol–water partition coefficient (Wildman–Crippen LogP) is 4.27. The Bertz CT molecular complexity index is 981. The summed E-state index contributed by atoms with van der Waals surface area (Å²) in [7, 11) is 0. The van der Waals surface area contributed by atoms with Gasteiger partial charge in [0.15, 0.2) is 5.82 Å². The number of hydrogen-bond acceptors (Lipinski definition) is 6. The maximum atomic E-state index is 11.1. The molecule has 0 atom stereocenters. The molecule has 3 heterocycles. The van der Waals surface area contributed by atoms with Crippen LogP contribution >= 0.6 is 0 Å². The molecule has 5 rings (SSSR count). The van der Waals surface area contributed by atoms with Crippen LogP contribution in [0.2, 0.25) is 0 Å². The molecule has 0 amide bonds. The lowest BCUT2D eigenvalue weighted by Crippen LogP contribution is -2.20. The summed E-state index contributed by atoms with van der Waals surface area (Å²) in [5, 5.41) is 25.2. The fourth-order valence-electron chi connectivity index (χ4n) is 4.69. The zero-order valence-corrected chi connectivity index (χ0v) is 17.3. The number of hydrogen-bond donors (Lipinski definition) is 2. The summed E-state index contributed by atoms with van der Waals surface area (Å²) in [6, 6.07) is 12.3. The Morgan fingerprint density at radius 3 is 2.10 bits per heavy atom. The van der Waals surface area contributed by atoms with E-state index in [1.807, 2.05) is 18.2 Å². The Morgan fingerprint density at radius 2 is 1.47 bits per heavy atom. The van der Waals surface area contributed by atoms with E-state index in [1.165, 1.54) is 25.7 Å². The highest BCUT2D eigenvalue weighted by atomic mass is 16.3. The first-order chi connectivity index (χ1) is 14.8. The lowest BCUT2D eigenvalue weighted by molar-refractivity contribution is 0.312. The van der Waals surface area contributed by atoms with Gasteiger partial charge in [-0.15, -0.1) is 5.10 Å². The number of likely N-dealkylation sites (tertiary alicyclic amines) is 2. The maximum Gasteiger partial charge on any atom is 0.160 e. The third-order valence-electron chi connectivity index (χ3n) is 6.29. The molecule has 0 saturated carbocycles. The Morgan fingerprint density at radius 1 is 0.867 bits per heavy atom. The number of rotatable bonds is 6. The third-order valence-corrected chi connectivity index (χ3v) is 6.29. The van der Waals surface area contributed by atoms with E-state index >= 15 is 0 Å². The highest BCUT2D eigenvalue weighted by Gasteiger charge is 2.20. The second-order valence-electron chi connectivity index (χ2n) is 8.52. The van der Waals surface area contributed by atoms with Crippen molar-refractivity contribution in [2.24, 2.45) is 0 Å². The molecule has 2 saturated heterocycles. The number of nitrogens with zero attached hydrogens (tertiary/aromatic N) is 4. The van der Waals surface area contributed by atoms with E-state index in [-0.39, 0.29) is 0 Å². The first-order valence-corrected chi connectivity index (χ1v) is 11.0. The minimum atomic E-state index is 0.448. The average molecular weight is 404 g/mol. The van der Waals surface area contributed by atoms with Gasteiger partial charge in [0, 0.05) is 40.7 Å². The van der Waals surface area contributed by atoms with Crippen LogP contribution in [0.5, 0.6) is 5.75 Å². The van der Waals surface area contributed by atoms with Gasteiger partial charge in [0.25, 0.3) is 0 Å². The fourth-order valence-corrected chi connectivity index (χ4v) is 4.69. The first-order valence-electron chi connectivity index (χ1n) is 11.0. The second-order valence-corrected chi connectivity index (χ2v) is 8.52. The minimum Gasteiger partial charge on any atom is -0.507 e. The van der Waals surface area contributed by atoms with Crippen molar-refractivity contribution in [3.8, 4) is 5.75 Å². The second kappa shape index (κ2) is 8.58. The standard InChI is InChI=1S/C24H29N5O/c30-23-19(16-28-9-3-4-10-28)13-21(14-20(23)17-29-11-5-6-12-29)26-24-22-8-2-1-7-18(22)15-25-27-24/h1-2,7-8,13-15,30H,3-6,9-12,16-17H2,(H,26,27). The molecule has 3 aromatic rings. The van der Waals surface area contributed by atoms with Gasteiger partial charge < -0.3 is 10.4 Å². The minimum absolute atomic E-state index is 0.448. The van der Waals surface area contributed by atoms with E-state index in [0.29, 0.717) is 5.75 Å². The van der Waals surface area contributed by atoms with E-state index in [2.05, 4.69) is 43.5 Å². The van der Waals surface area contributed by atoms with Gasteiger partial charge in [0.2, 0.25) is 0 Å². The van der Waals surface area contributed by atoms with Crippen LogP contribution < -0.4 is 5.32 Å².